The molecule has 55 heavy (non-hydrogen) atoms. The van der Waals surface area contributed by atoms with Crippen molar-refractivity contribution < 1.29 is 28.6 Å². The number of carbonyl (C=O) groups excluding carboxylic acids is 3. The van der Waals surface area contributed by atoms with E-state index in [9.17, 15) is 14.4 Å². The summed E-state index contributed by atoms with van der Waals surface area (Å²) in [6.45, 7) is 16.9. The number of ether oxygens (including phenoxy) is 3. The van der Waals surface area contributed by atoms with E-state index in [2.05, 4.69) is 70.3 Å². The van der Waals surface area contributed by atoms with E-state index in [0.717, 1.165) is 116 Å². The monoisotopic (exact) mass is 772 g/mol. The molecule has 0 heterocycles. The van der Waals surface area contributed by atoms with Crippen molar-refractivity contribution in [2.75, 3.05) is 33.4 Å². The topological polar surface area (TPSA) is 82.1 Å². The summed E-state index contributed by atoms with van der Waals surface area (Å²) in [5, 5.41) is 0. The van der Waals surface area contributed by atoms with E-state index >= 15 is 0 Å². The molecular weight excluding hydrogens is 687 g/mol. The molecule has 0 radical (unpaired) electrons. The Kier molecular flexibility index (Phi) is 36.6. The van der Waals surface area contributed by atoms with Crippen molar-refractivity contribution in [1.29, 1.82) is 0 Å². The molecule has 7 nitrogen and oxygen atoms in total. The number of hydrogen-bond donors (Lipinski definition) is 0. The summed E-state index contributed by atoms with van der Waals surface area (Å²) in [7, 11) is 2.10. The molecule has 0 spiro atoms. The Bertz CT molecular complexity index is 1070. The van der Waals surface area contributed by atoms with Crippen LogP contribution in [0.4, 0.5) is 0 Å². The summed E-state index contributed by atoms with van der Waals surface area (Å²) in [6.07, 6.45) is 28.2. The van der Waals surface area contributed by atoms with Crippen molar-refractivity contribution in [3.05, 3.63) is 29.8 Å². The molecule has 0 aliphatic rings. The van der Waals surface area contributed by atoms with Gasteiger partial charge in [-0.3, -0.25) is 14.4 Å². The van der Waals surface area contributed by atoms with Crippen molar-refractivity contribution in [3.8, 4) is 0 Å². The highest BCUT2D eigenvalue weighted by molar-refractivity contribution is 5.70. The molecule has 0 saturated heterocycles. The third kappa shape index (κ3) is 35.6. The fraction of sp³-hybridized carbons (Fsp3) is 0.833. The Hall–Kier alpha value is -2.55. The van der Waals surface area contributed by atoms with Gasteiger partial charge in [0.1, 0.15) is 0 Å². The summed E-state index contributed by atoms with van der Waals surface area (Å²) in [6, 6.07) is 0.483. The van der Waals surface area contributed by atoms with Gasteiger partial charge in [-0.1, -0.05) is 129 Å². The number of allylic oxidation sites excluding steroid dienone is 1. The van der Waals surface area contributed by atoms with Crippen molar-refractivity contribution in [2.45, 2.75) is 208 Å². The van der Waals surface area contributed by atoms with Gasteiger partial charge in [-0.2, -0.15) is 0 Å². The molecule has 0 aliphatic heterocycles. The van der Waals surface area contributed by atoms with E-state index in [1.165, 1.54) is 38.5 Å². The van der Waals surface area contributed by atoms with E-state index < -0.39 is 0 Å². The highest BCUT2D eigenvalue weighted by Crippen LogP contribution is 2.23. The lowest BCUT2D eigenvalue weighted by molar-refractivity contribution is -0.145. The maximum absolute atomic E-state index is 12.8. The minimum Gasteiger partial charge on any atom is -0.466 e. The molecule has 0 N–H and O–H groups in total. The highest BCUT2D eigenvalue weighted by Gasteiger charge is 2.16. The Balaban J connectivity index is 4.44. The first-order valence-electron chi connectivity index (χ1n) is 22.7. The van der Waals surface area contributed by atoms with Gasteiger partial charge in [-0.15, -0.1) is 0 Å². The number of rotatable bonds is 38. The lowest BCUT2D eigenvalue weighted by Gasteiger charge is -2.21. The van der Waals surface area contributed by atoms with Crippen LogP contribution in [0, 0.1) is 17.8 Å². The van der Waals surface area contributed by atoms with Crippen LogP contribution in [0.25, 0.3) is 0 Å². The maximum Gasteiger partial charge on any atom is 0.306 e. The Labute approximate surface area is 339 Å². The van der Waals surface area contributed by atoms with Gasteiger partial charge in [0.05, 0.1) is 19.8 Å². The summed E-state index contributed by atoms with van der Waals surface area (Å²) >= 11 is 0. The van der Waals surface area contributed by atoms with E-state index in [0.29, 0.717) is 62.9 Å². The van der Waals surface area contributed by atoms with Gasteiger partial charge in [0.2, 0.25) is 0 Å². The molecule has 318 valence electrons. The Morgan fingerprint density at radius 1 is 0.600 bits per heavy atom. The van der Waals surface area contributed by atoms with Gasteiger partial charge in [0.25, 0.3) is 0 Å². The lowest BCUT2D eigenvalue weighted by atomic mass is 9.91. The van der Waals surface area contributed by atoms with Gasteiger partial charge in [-0.25, -0.2) is 0 Å². The molecule has 0 rings (SSSR count). The Morgan fingerprint density at radius 2 is 1.11 bits per heavy atom. The number of nitrogens with zero attached hydrogens (tertiary/aromatic N) is 1. The fourth-order valence-electron chi connectivity index (χ4n) is 6.77. The quantitative estimate of drug-likeness (QED) is 0.0267. The summed E-state index contributed by atoms with van der Waals surface area (Å²) in [5.74, 6) is 1.04. The van der Waals surface area contributed by atoms with Crippen molar-refractivity contribution in [1.82, 2.24) is 4.90 Å². The predicted molar refractivity (Wildman–Crippen MR) is 229 cm³/mol. The summed E-state index contributed by atoms with van der Waals surface area (Å²) < 4.78 is 16.7. The number of carbonyl (C=O) groups is 3. The van der Waals surface area contributed by atoms with Crippen LogP contribution in [-0.4, -0.2) is 62.3 Å². The minimum atomic E-state index is -0.106. The molecule has 3 atom stereocenters. The average Bonchev–Trinajstić information content (AvgIpc) is 3.15. The molecule has 0 aromatic carbocycles. The average molecular weight is 772 g/mol. The molecule has 0 bridgehead atoms. The number of unbranched alkanes of at least 4 members (excludes halogenated alkanes) is 12. The van der Waals surface area contributed by atoms with Gasteiger partial charge in [-0.05, 0) is 108 Å². The minimum absolute atomic E-state index is 0.0588. The summed E-state index contributed by atoms with van der Waals surface area (Å²) in [4.78, 5) is 39.6. The third-order valence-electron chi connectivity index (χ3n) is 10.8. The molecule has 3 unspecified atom stereocenters. The van der Waals surface area contributed by atoms with Crippen LogP contribution < -0.4 is 0 Å². The van der Waals surface area contributed by atoms with Gasteiger partial charge < -0.3 is 19.1 Å². The molecule has 0 aliphatic carbocycles. The summed E-state index contributed by atoms with van der Waals surface area (Å²) in [5.41, 5.74) is 8.37. The highest BCUT2D eigenvalue weighted by atomic mass is 16.5. The second-order valence-corrected chi connectivity index (χ2v) is 16.3. The molecule has 0 saturated carbocycles. The second kappa shape index (κ2) is 38.3. The van der Waals surface area contributed by atoms with Crippen LogP contribution in [0.1, 0.15) is 202 Å². The van der Waals surface area contributed by atoms with Crippen LogP contribution in [0.3, 0.4) is 0 Å². The van der Waals surface area contributed by atoms with E-state index in [-0.39, 0.29) is 17.9 Å². The standard InChI is InChI=1S/C48H85NO6/c1-8-11-20-28-43(6)35-39-54-46(50)33-25-18-14-16-23-31-45(41-48(52)53-38-27-37-49(7)42(4)5)32-24-17-15-19-26-34-47(51)55-40-36-44(29-21-12-9-2)30-22-13-10-3/h29,42-45H,2,8,10-11,13-20,22-28,30-41H2,1,3-7H3. The SMILES string of the molecule is C=C=C=C=CC(CCCCC)CCOC(=O)CCCCCCCC(CCCCCCCC(=O)OCCC(C)CCCCC)CC(=O)OCCCN(C)C(C)C. The van der Waals surface area contributed by atoms with Crippen molar-refractivity contribution in [2.24, 2.45) is 17.8 Å². The van der Waals surface area contributed by atoms with Crippen LogP contribution in [0.2, 0.25) is 0 Å². The van der Waals surface area contributed by atoms with E-state index in [4.69, 9.17) is 14.2 Å². The normalized spacial score (nSPS) is 12.7. The molecule has 7 heteroatoms. The first-order valence-corrected chi connectivity index (χ1v) is 22.7. The van der Waals surface area contributed by atoms with Gasteiger partial charge in [0.15, 0.2) is 0 Å². The Morgan fingerprint density at radius 3 is 1.67 bits per heavy atom. The first-order chi connectivity index (χ1) is 26.6. The predicted octanol–water partition coefficient (Wildman–Crippen LogP) is 12.7. The lowest BCUT2D eigenvalue weighted by Crippen LogP contribution is -2.28. The molecule has 0 amide bonds. The zero-order valence-corrected chi connectivity index (χ0v) is 36.7. The van der Waals surface area contributed by atoms with Crippen LogP contribution in [0.15, 0.2) is 29.8 Å². The fourth-order valence-corrected chi connectivity index (χ4v) is 6.77. The van der Waals surface area contributed by atoms with E-state index in [1.54, 1.807) is 0 Å². The molecule has 0 aromatic rings. The number of hydrogen-bond acceptors (Lipinski definition) is 7. The first kappa shape index (κ1) is 52.5. The second-order valence-electron chi connectivity index (χ2n) is 16.3. The molecule has 0 fully saturated rings. The van der Waals surface area contributed by atoms with Crippen LogP contribution in [-0.2, 0) is 28.6 Å². The zero-order valence-electron chi connectivity index (χ0n) is 36.7. The molecular formula is C48H85NO6. The van der Waals surface area contributed by atoms with Gasteiger partial charge in [0, 0.05) is 31.8 Å². The van der Waals surface area contributed by atoms with Crippen molar-refractivity contribution >= 4 is 17.9 Å². The molecule has 0 aromatic heterocycles. The van der Waals surface area contributed by atoms with Crippen LogP contribution >= 0.6 is 0 Å². The maximum atomic E-state index is 12.8. The van der Waals surface area contributed by atoms with Gasteiger partial charge >= 0.3 is 17.9 Å². The smallest absolute Gasteiger partial charge is 0.306 e. The number of esters is 3. The van der Waals surface area contributed by atoms with Crippen molar-refractivity contribution in [3.63, 3.8) is 0 Å². The largest absolute Gasteiger partial charge is 0.466 e. The van der Waals surface area contributed by atoms with Crippen LogP contribution in [0.5, 0.6) is 0 Å². The van der Waals surface area contributed by atoms with E-state index in [1.807, 2.05) is 6.08 Å². The zero-order chi connectivity index (χ0) is 40.8. The third-order valence-corrected chi connectivity index (χ3v) is 10.8.